The first kappa shape index (κ1) is 18.0. The van der Waals surface area contributed by atoms with Crippen LogP contribution in [0, 0.1) is 12.7 Å². The van der Waals surface area contributed by atoms with E-state index < -0.39 is 0 Å². The Balaban J connectivity index is 1.58. The maximum absolute atomic E-state index is 13.0. The molecule has 0 aliphatic heterocycles. The predicted molar refractivity (Wildman–Crippen MR) is 90.3 cm³/mol. The number of carbonyl (C=O) groups is 2. The first-order valence-corrected chi connectivity index (χ1v) is 8.50. The van der Waals surface area contributed by atoms with Gasteiger partial charge < -0.3 is 15.2 Å². The van der Waals surface area contributed by atoms with Crippen LogP contribution < -0.4 is 10.6 Å². The highest BCUT2D eigenvalue weighted by Crippen LogP contribution is 2.08. The van der Waals surface area contributed by atoms with E-state index in [1.807, 2.05) is 0 Å². The molecule has 2 rings (SSSR count). The van der Waals surface area contributed by atoms with Gasteiger partial charge in [-0.25, -0.2) is 4.39 Å². The molecule has 8 heteroatoms. The van der Waals surface area contributed by atoms with Crippen LogP contribution in [-0.2, 0) is 16.0 Å². The number of thioether (sulfide) groups is 1. The molecule has 0 radical (unpaired) electrons. The van der Waals surface area contributed by atoms with Crippen molar-refractivity contribution >= 4 is 29.4 Å². The zero-order valence-corrected chi connectivity index (χ0v) is 14.0. The van der Waals surface area contributed by atoms with Gasteiger partial charge in [-0.2, -0.15) is 0 Å². The number of carbonyl (C=O) groups excluding carboxylic acids is 2. The first-order chi connectivity index (χ1) is 11.5. The standard InChI is InChI=1S/C16H18FN3O3S/c1-11-7-14(20-23-11)19-16(22)10-24-9-15(21)18-6-5-12-3-2-4-13(17)8-12/h2-4,7-8H,5-6,9-10H2,1H3,(H,18,21)(H,19,20,22). The number of halogens is 1. The molecule has 1 heterocycles. The number of aromatic nitrogens is 1. The normalized spacial score (nSPS) is 10.4. The van der Waals surface area contributed by atoms with Crippen molar-refractivity contribution in [2.45, 2.75) is 13.3 Å². The molecule has 2 N–H and O–H groups in total. The summed E-state index contributed by atoms with van der Waals surface area (Å²) in [6.45, 7) is 2.15. The van der Waals surface area contributed by atoms with Crippen LogP contribution in [-0.4, -0.2) is 35.0 Å². The monoisotopic (exact) mass is 351 g/mol. The lowest BCUT2D eigenvalue weighted by Crippen LogP contribution is -2.28. The van der Waals surface area contributed by atoms with E-state index in [9.17, 15) is 14.0 Å². The quantitative estimate of drug-likeness (QED) is 0.761. The molecule has 128 valence electrons. The Kier molecular flexibility index (Phi) is 6.80. The lowest BCUT2D eigenvalue weighted by molar-refractivity contribution is -0.118. The maximum Gasteiger partial charge on any atom is 0.235 e. The van der Waals surface area contributed by atoms with Gasteiger partial charge in [0.1, 0.15) is 11.6 Å². The van der Waals surface area contributed by atoms with Crippen LogP contribution >= 0.6 is 11.8 Å². The summed E-state index contributed by atoms with van der Waals surface area (Å²) in [5.41, 5.74) is 0.824. The van der Waals surface area contributed by atoms with Gasteiger partial charge in [0.05, 0.1) is 11.5 Å². The molecule has 0 saturated carbocycles. The Morgan fingerprint density at radius 3 is 2.75 bits per heavy atom. The van der Waals surface area contributed by atoms with Gasteiger partial charge in [0.25, 0.3) is 0 Å². The third-order valence-corrected chi connectivity index (χ3v) is 3.92. The van der Waals surface area contributed by atoms with Gasteiger partial charge in [0.15, 0.2) is 5.82 Å². The molecule has 0 spiro atoms. The van der Waals surface area contributed by atoms with Crippen molar-refractivity contribution in [3.8, 4) is 0 Å². The number of hydrogen-bond donors (Lipinski definition) is 2. The Morgan fingerprint density at radius 2 is 2.04 bits per heavy atom. The van der Waals surface area contributed by atoms with Crippen LogP contribution in [0.15, 0.2) is 34.9 Å². The lowest BCUT2D eigenvalue weighted by atomic mass is 10.1. The molecule has 0 fully saturated rings. The zero-order chi connectivity index (χ0) is 17.4. The molecule has 0 aliphatic rings. The molecule has 0 bridgehead atoms. The number of benzene rings is 1. The Labute approximate surface area is 143 Å². The largest absolute Gasteiger partial charge is 0.360 e. The van der Waals surface area contributed by atoms with E-state index in [4.69, 9.17) is 4.52 Å². The zero-order valence-electron chi connectivity index (χ0n) is 13.2. The molecule has 6 nitrogen and oxygen atoms in total. The predicted octanol–water partition coefficient (Wildman–Crippen LogP) is 2.15. The van der Waals surface area contributed by atoms with Crippen molar-refractivity contribution in [3.63, 3.8) is 0 Å². The van der Waals surface area contributed by atoms with E-state index in [2.05, 4.69) is 15.8 Å². The minimum atomic E-state index is -0.289. The Morgan fingerprint density at radius 1 is 1.25 bits per heavy atom. The van der Waals surface area contributed by atoms with Crippen molar-refractivity contribution < 1.29 is 18.5 Å². The third kappa shape index (κ3) is 6.41. The summed E-state index contributed by atoms with van der Waals surface area (Å²) in [7, 11) is 0. The topological polar surface area (TPSA) is 84.2 Å². The van der Waals surface area contributed by atoms with Crippen LogP contribution in [0.5, 0.6) is 0 Å². The van der Waals surface area contributed by atoms with Crippen LogP contribution in [0.3, 0.4) is 0 Å². The summed E-state index contributed by atoms with van der Waals surface area (Å²) in [6, 6.07) is 7.87. The second kappa shape index (κ2) is 9.07. The van der Waals surface area contributed by atoms with E-state index in [-0.39, 0.29) is 29.1 Å². The molecule has 1 aromatic heterocycles. The van der Waals surface area contributed by atoms with Gasteiger partial charge in [-0.05, 0) is 31.0 Å². The summed E-state index contributed by atoms with van der Waals surface area (Å²) >= 11 is 1.20. The number of hydrogen-bond acceptors (Lipinski definition) is 5. The average molecular weight is 351 g/mol. The number of aryl methyl sites for hydroxylation is 1. The molecular weight excluding hydrogens is 333 g/mol. The van der Waals surface area contributed by atoms with E-state index in [0.717, 1.165) is 5.56 Å². The van der Waals surface area contributed by atoms with Crippen LogP contribution in [0.25, 0.3) is 0 Å². The van der Waals surface area contributed by atoms with Crippen LogP contribution in [0.2, 0.25) is 0 Å². The van der Waals surface area contributed by atoms with E-state index in [1.165, 1.54) is 23.9 Å². The fourth-order valence-corrected chi connectivity index (χ4v) is 2.58. The molecular formula is C16H18FN3O3S. The molecule has 0 saturated heterocycles. The minimum Gasteiger partial charge on any atom is -0.360 e. The Hall–Kier alpha value is -2.35. The summed E-state index contributed by atoms with van der Waals surface area (Å²) in [6.07, 6.45) is 0.556. The van der Waals surface area contributed by atoms with Crippen molar-refractivity contribution in [3.05, 3.63) is 47.5 Å². The highest BCUT2D eigenvalue weighted by Gasteiger charge is 2.08. The summed E-state index contributed by atoms with van der Waals surface area (Å²) in [5, 5.41) is 8.96. The number of nitrogens with zero attached hydrogens (tertiary/aromatic N) is 1. The number of nitrogens with one attached hydrogen (secondary N) is 2. The summed E-state index contributed by atoms with van der Waals surface area (Å²) in [5.74, 6) is 0.579. The number of amides is 2. The number of anilines is 1. The summed E-state index contributed by atoms with van der Waals surface area (Å²) < 4.78 is 17.9. The lowest BCUT2D eigenvalue weighted by Gasteiger charge is -2.05. The molecule has 0 atom stereocenters. The van der Waals surface area contributed by atoms with Crippen molar-refractivity contribution in [2.24, 2.45) is 0 Å². The SMILES string of the molecule is Cc1cc(NC(=O)CSCC(=O)NCCc2cccc(F)c2)no1. The van der Waals surface area contributed by atoms with Gasteiger partial charge in [-0.3, -0.25) is 9.59 Å². The second-order valence-corrected chi connectivity index (χ2v) is 6.08. The summed E-state index contributed by atoms with van der Waals surface area (Å²) in [4.78, 5) is 23.3. The molecule has 24 heavy (non-hydrogen) atoms. The van der Waals surface area contributed by atoms with Crippen molar-refractivity contribution in [2.75, 3.05) is 23.4 Å². The second-order valence-electron chi connectivity index (χ2n) is 5.09. The molecule has 0 aliphatic carbocycles. The van der Waals surface area contributed by atoms with Gasteiger partial charge in [-0.15, -0.1) is 11.8 Å². The highest BCUT2D eigenvalue weighted by molar-refractivity contribution is 8.00. The molecule has 2 aromatic rings. The van der Waals surface area contributed by atoms with Crippen LogP contribution in [0.1, 0.15) is 11.3 Å². The van der Waals surface area contributed by atoms with Gasteiger partial charge >= 0.3 is 0 Å². The third-order valence-electron chi connectivity index (χ3n) is 2.99. The van der Waals surface area contributed by atoms with Crippen LogP contribution in [0.4, 0.5) is 10.2 Å². The molecule has 1 aromatic carbocycles. The number of rotatable bonds is 8. The van der Waals surface area contributed by atoms with E-state index in [1.54, 1.807) is 25.1 Å². The first-order valence-electron chi connectivity index (χ1n) is 7.35. The smallest absolute Gasteiger partial charge is 0.235 e. The molecule has 2 amide bonds. The minimum absolute atomic E-state index is 0.142. The van der Waals surface area contributed by atoms with Gasteiger partial charge in [0, 0.05) is 12.6 Å². The van der Waals surface area contributed by atoms with E-state index in [0.29, 0.717) is 24.5 Å². The van der Waals surface area contributed by atoms with E-state index >= 15 is 0 Å². The molecule has 0 unspecified atom stereocenters. The maximum atomic E-state index is 13.0. The van der Waals surface area contributed by atoms with Gasteiger partial charge in [0.2, 0.25) is 11.8 Å². The average Bonchev–Trinajstić information content (AvgIpc) is 2.92. The van der Waals surface area contributed by atoms with Crippen molar-refractivity contribution in [1.82, 2.24) is 10.5 Å². The fraction of sp³-hybridized carbons (Fsp3) is 0.312. The van der Waals surface area contributed by atoms with Crippen molar-refractivity contribution in [1.29, 1.82) is 0 Å². The Bertz CT molecular complexity index is 705. The fourth-order valence-electron chi connectivity index (χ4n) is 1.93. The van der Waals surface area contributed by atoms with Gasteiger partial charge in [-0.1, -0.05) is 17.3 Å². The highest BCUT2D eigenvalue weighted by atomic mass is 32.2.